The summed E-state index contributed by atoms with van der Waals surface area (Å²) in [6.07, 6.45) is 2.88. The van der Waals surface area contributed by atoms with Crippen LogP contribution in [0.4, 0.5) is 13.2 Å². The summed E-state index contributed by atoms with van der Waals surface area (Å²) >= 11 is 1.58. The third-order valence-electron chi connectivity index (χ3n) is 6.72. The summed E-state index contributed by atoms with van der Waals surface area (Å²) in [6.45, 7) is 3.21. The van der Waals surface area contributed by atoms with Crippen molar-refractivity contribution in [3.05, 3.63) is 77.4 Å². The van der Waals surface area contributed by atoms with E-state index in [9.17, 15) is 18.0 Å². The Morgan fingerprint density at radius 1 is 1.11 bits per heavy atom. The Balaban J connectivity index is 0.982. The Labute approximate surface area is 223 Å². The SMILES string of the molecule is O=C(NCCCCN1CCC(Oc2cccc(C(F)(F)F)c2)CC1)c1ccc(-c2cn3ccsc3n2)cc1. The number of halogens is 3. The van der Waals surface area contributed by atoms with Crippen molar-refractivity contribution in [3.63, 3.8) is 0 Å². The third-order valence-corrected chi connectivity index (χ3v) is 7.49. The quantitative estimate of drug-likeness (QED) is 0.258. The van der Waals surface area contributed by atoms with E-state index in [1.165, 1.54) is 6.07 Å². The molecule has 0 spiro atoms. The van der Waals surface area contributed by atoms with Crippen LogP contribution < -0.4 is 10.1 Å². The van der Waals surface area contributed by atoms with Gasteiger partial charge in [-0.05, 0) is 62.6 Å². The topological polar surface area (TPSA) is 58.9 Å². The number of imidazole rings is 1. The highest BCUT2D eigenvalue weighted by Crippen LogP contribution is 2.32. The van der Waals surface area contributed by atoms with Gasteiger partial charge in [-0.3, -0.25) is 9.20 Å². The van der Waals surface area contributed by atoms with Crippen LogP contribution in [0.1, 0.15) is 41.6 Å². The van der Waals surface area contributed by atoms with Crippen molar-refractivity contribution in [1.82, 2.24) is 19.6 Å². The smallest absolute Gasteiger partial charge is 0.416 e. The van der Waals surface area contributed by atoms with Crippen LogP contribution >= 0.6 is 11.3 Å². The molecule has 0 radical (unpaired) electrons. The first-order valence-corrected chi connectivity index (χ1v) is 13.6. The monoisotopic (exact) mass is 542 g/mol. The number of rotatable bonds is 9. The lowest BCUT2D eigenvalue weighted by Gasteiger charge is -2.32. The van der Waals surface area contributed by atoms with Gasteiger partial charge in [0, 0.05) is 48.5 Å². The maximum Gasteiger partial charge on any atom is 0.416 e. The van der Waals surface area contributed by atoms with Crippen LogP contribution in [0.2, 0.25) is 0 Å². The van der Waals surface area contributed by atoms with Crippen molar-refractivity contribution in [3.8, 4) is 17.0 Å². The second-order valence-electron chi connectivity index (χ2n) is 9.44. The van der Waals surface area contributed by atoms with Gasteiger partial charge in [-0.25, -0.2) is 4.98 Å². The second kappa shape index (κ2) is 11.6. The first kappa shape index (κ1) is 26.2. The third kappa shape index (κ3) is 6.54. The number of piperidine rings is 1. The van der Waals surface area contributed by atoms with E-state index in [-0.39, 0.29) is 17.8 Å². The number of amides is 1. The number of nitrogens with zero attached hydrogens (tertiary/aromatic N) is 3. The van der Waals surface area contributed by atoms with E-state index in [2.05, 4.69) is 15.2 Å². The highest BCUT2D eigenvalue weighted by Gasteiger charge is 2.31. The summed E-state index contributed by atoms with van der Waals surface area (Å²) in [6, 6.07) is 12.6. The molecule has 0 bridgehead atoms. The van der Waals surface area contributed by atoms with E-state index in [4.69, 9.17) is 4.74 Å². The van der Waals surface area contributed by atoms with Crippen LogP contribution in [0.3, 0.4) is 0 Å². The molecule has 1 amide bonds. The van der Waals surface area contributed by atoms with Crippen LogP contribution in [-0.2, 0) is 6.18 Å². The largest absolute Gasteiger partial charge is 0.490 e. The Morgan fingerprint density at radius 2 is 1.89 bits per heavy atom. The molecule has 200 valence electrons. The second-order valence-corrected chi connectivity index (χ2v) is 10.3. The summed E-state index contributed by atoms with van der Waals surface area (Å²) in [5.41, 5.74) is 1.79. The van der Waals surface area contributed by atoms with E-state index in [1.807, 2.05) is 46.4 Å². The number of hydrogen-bond acceptors (Lipinski definition) is 5. The van der Waals surface area contributed by atoms with Gasteiger partial charge in [-0.1, -0.05) is 18.2 Å². The molecule has 4 aromatic rings. The minimum Gasteiger partial charge on any atom is -0.490 e. The number of likely N-dealkylation sites (tertiary alicyclic amines) is 1. The molecule has 1 saturated heterocycles. The number of aromatic nitrogens is 2. The number of thiazole rings is 1. The molecule has 38 heavy (non-hydrogen) atoms. The molecule has 5 rings (SSSR count). The fourth-order valence-electron chi connectivity index (χ4n) is 4.61. The molecule has 2 aromatic heterocycles. The zero-order chi connectivity index (χ0) is 26.5. The molecule has 3 heterocycles. The molecule has 1 fully saturated rings. The molecule has 6 nitrogen and oxygen atoms in total. The first-order chi connectivity index (χ1) is 18.3. The standard InChI is InChI=1S/C28H29F3N4O2S/c29-28(30,31)22-4-3-5-24(18-22)37-23-10-14-34(15-11-23)13-2-1-12-32-26(36)21-8-6-20(7-9-21)25-19-35-16-17-38-27(35)33-25/h3-9,16-19,23H,1-2,10-15H2,(H,32,36). The van der Waals surface area contributed by atoms with Gasteiger partial charge < -0.3 is 15.0 Å². The number of carbonyl (C=O) groups excluding carboxylic acids is 1. The molecule has 0 saturated carbocycles. The van der Waals surface area contributed by atoms with Crippen LogP contribution in [0.25, 0.3) is 16.2 Å². The zero-order valence-electron chi connectivity index (χ0n) is 20.8. The Morgan fingerprint density at radius 3 is 2.63 bits per heavy atom. The fourth-order valence-corrected chi connectivity index (χ4v) is 5.31. The van der Waals surface area contributed by atoms with Crippen molar-refractivity contribution in [2.45, 2.75) is 38.0 Å². The number of ether oxygens (including phenoxy) is 1. The predicted molar refractivity (Wildman–Crippen MR) is 142 cm³/mol. The summed E-state index contributed by atoms with van der Waals surface area (Å²) in [7, 11) is 0. The maximum absolute atomic E-state index is 12.9. The Hall–Kier alpha value is -3.37. The van der Waals surface area contributed by atoms with E-state index in [0.29, 0.717) is 12.1 Å². The highest BCUT2D eigenvalue weighted by atomic mass is 32.1. The minimum atomic E-state index is -4.37. The van der Waals surface area contributed by atoms with Gasteiger partial charge in [0.2, 0.25) is 0 Å². The minimum absolute atomic E-state index is 0.0781. The van der Waals surface area contributed by atoms with Gasteiger partial charge in [0.1, 0.15) is 11.9 Å². The van der Waals surface area contributed by atoms with E-state index >= 15 is 0 Å². The van der Waals surface area contributed by atoms with E-state index in [0.717, 1.165) is 73.7 Å². The van der Waals surface area contributed by atoms with Crippen molar-refractivity contribution in [1.29, 1.82) is 0 Å². The average molecular weight is 543 g/mol. The molecule has 1 aliphatic rings. The lowest BCUT2D eigenvalue weighted by molar-refractivity contribution is -0.137. The van der Waals surface area contributed by atoms with Crippen molar-refractivity contribution in [2.24, 2.45) is 0 Å². The van der Waals surface area contributed by atoms with Crippen molar-refractivity contribution >= 4 is 22.2 Å². The molecule has 0 unspecified atom stereocenters. The number of nitrogens with one attached hydrogen (secondary N) is 1. The van der Waals surface area contributed by atoms with Gasteiger partial charge in [-0.2, -0.15) is 13.2 Å². The van der Waals surface area contributed by atoms with Crippen LogP contribution in [0.5, 0.6) is 5.75 Å². The lowest BCUT2D eigenvalue weighted by Crippen LogP contribution is -2.39. The molecule has 1 N–H and O–H groups in total. The summed E-state index contributed by atoms with van der Waals surface area (Å²) < 4.78 is 46.5. The molecule has 2 aromatic carbocycles. The Kier molecular flexibility index (Phi) is 7.99. The summed E-state index contributed by atoms with van der Waals surface area (Å²) in [5, 5.41) is 4.98. The van der Waals surface area contributed by atoms with E-state index < -0.39 is 11.7 Å². The van der Waals surface area contributed by atoms with Gasteiger partial charge in [0.05, 0.1) is 11.3 Å². The number of unbranched alkanes of at least 4 members (excludes halogenated alkanes) is 1. The maximum atomic E-state index is 12.9. The lowest BCUT2D eigenvalue weighted by atomic mass is 10.1. The summed E-state index contributed by atoms with van der Waals surface area (Å²) in [4.78, 5) is 20.4. The van der Waals surface area contributed by atoms with Crippen molar-refractivity contribution < 1.29 is 22.7 Å². The molecule has 10 heteroatoms. The van der Waals surface area contributed by atoms with Crippen LogP contribution in [0, 0.1) is 0 Å². The van der Waals surface area contributed by atoms with Gasteiger partial charge in [-0.15, -0.1) is 11.3 Å². The van der Waals surface area contributed by atoms with E-state index in [1.54, 1.807) is 17.4 Å². The average Bonchev–Trinajstić information content (AvgIpc) is 3.52. The molecule has 1 aliphatic heterocycles. The summed E-state index contributed by atoms with van der Waals surface area (Å²) in [5.74, 6) is 0.181. The molecular weight excluding hydrogens is 513 g/mol. The molecular formula is C28H29F3N4O2S. The van der Waals surface area contributed by atoms with Gasteiger partial charge >= 0.3 is 6.18 Å². The molecule has 0 aliphatic carbocycles. The Bertz CT molecular complexity index is 1330. The van der Waals surface area contributed by atoms with Gasteiger partial charge in [0.15, 0.2) is 4.96 Å². The van der Waals surface area contributed by atoms with Crippen molar-refractivity contribution in [2.75, 3.05) is 26.2 Å². The number of alkyl halides is 3. The molecule has 0 atom stereocenters. The highest BCUT2D eigenvalue weighted by molar-refractivity contribution is 7.15. The van der Waals surface area contributed by atoms with Crippen LogP contribution in [0.15, 0.2) is 66.3 Å². The normalized spacial score (nSPS) is 15.1. The number of hydrogen-bond donors (Lipinski definition) is 1. The van der Waals surface area contributed by atoms with Gasteiger partial charge in [0.25, 0.3) is 5.91 Å². The number of benzene rings is 2. The first-order valence-electron chi connectivity index (χ1n) is 12.7. The predicted octanol–water partition coefficient (Wildman–Crippen LogP) is 6.14. The number of fused-ring (bicyclic) bond motifs is 1. The fraction of sp³-hybridized carbons (Fsp3) is 0.357. The zero-order valence-corrected chi connectivity index (χ0v) is 21.6. The van der Waals surface area contributed by atoms with Crippen LogP contribution in [-0.4, -0.2) is 52.5 Å². The number of carbonyl (C=O) groups is 1.